The Labute approximate surface area is 37.2 Å². The van der Waals surface area contributed by atoms with E-state index in [1.54, 1.807) is 0 Å². The van der Waals surface area contributed by atoms with Crippen molar-refractivity contribution < 1.29 is 4.39 Å². The Morgan fingerprint density at radius 1 is 1.00 bits per heavy atom. The smallest absolute Gasteiger partial charge is 0.232 e. The van der Waals surface area contributed by atoms with Crippen molar-refractivity contribution in [3.8, 4) is 0 Å². The third-order valence-corrected chi connectivity index (χ3v) is 0. The monoisotopic (exact) mass is 103 g/mol. The highest BCUT2D eigenvalue weighted by Crippen LogP contribution is 1.27. The molecule has 0 unspecified atom stereocenters. The van der Waals surface area contributed by atoms with E-state index < -0.39 is 0 Å². The van der Waals surface area contributed by atoms with Crippen LogP contribution in [0.3, 0.4) is 0 Å². The van der Waals surface area contributed by atoms with E-state index in [0.717, 1.165) is 0 Å². The third kappa shape index (κ3) is 22.0. The first-order chi connectivity index (χ1) is 1.00. The fourth-order valence-electron chi connectivity index (χ4n) is 0. The van der Waals surface area contributed by atoms with Gasteiger partial charge in [-0.15, -0.1) is 24.8 Å². The highest BCUT2D eigenvalue weighted by Gasteiger charge is 1.03. The van der Waals surface area contributed by atoms with Crippen molar-refractivity contribution in [3.63, 3.8) is 0 Å². The SMILES string of the molecule is Cl.Cl.[C]F. The molecule has 3 radical (unpaired) electrons. The van der Waals surface area contributed by atoms with Crippen LogP contribution >= 0.6 is 24.8 Å². The molecular weight excluding hydrogens is 102 g/mol. The average Bonchev–Trinajstić information content (AvgIpc) is 1.00. The van der Waals surface area contributed by atoms with Crippen molar-refractivity contribution in [2.45, 2.75) is 0 Å². The van der Waals surface area contributed by atoms with Gasteiger partial charge in [0.15, 0.2) is 0 Å². The fourth-order valence-corrected chi connectivity index (χ4v) is 0. The van der Waals surface area contributed by atoms with E-state index in [9.17, 15) is 0 Å². The Balaban J connectivity index is -0.00000000500. The van der Waals surface area contributed by atoms with Gasteiger partial charge in [-0.1, -0.05) is 0 Å². The second-order valence-electron chi connectivity index (χ2n) is 0. The molecule has 0 saturated heterocycles. The van der Waals surface area contributed by atoms with Crippen molar-refractivity contribution in [1.82, 2.24) is 0 Å². The highest BCUT2D eigenvalue weighted by molar-refractivity contribution is 5.85. The zero-order valence-electron chi connectivity index (χ0n) is 1.69. The molecule has 0 spiro atoms. The van der Waals surface area contributed by atoms with E-state index in [-0.39, 0.29) is 24.8 Å². The first-order valence-electron chi connectivity index (χ1n) is 0.189. The summed E-state index contributed by atoms with van der Waals surface area (Å²) in [7, 11) is 4.25. The molecule has 3 heteroatoms. The minimum Gasteiger partial charge on any atom is -0.232 e. The summed E-state index contributed by atoms with van der Waals surface area (Å²) in [5.41, 5.74) is 0. The van der Waals surface area contributed by atoms with Gasteiger partial charge in [0.25, 0.3) is 0 Å². The van der Waals surface area contributed by atoms with Crippen LogP contribution in [0.4, 0.5) is 4.39 Å². The maximum atomic E-state index is 8.75. The standard InChI is InChI=1S/CF.2ClH/c1-2;;/h;2*1H. The summed E-state index contributed by atoms with van der Waals surface area (Å²) in [4.78, 5) is 0. The third-order valence-electron chi connectivity index (χ3n) is 0. The molecule has 0 amide bonds. The zero-order chi connectivity index (χ0) is 2.00. The van der Waals surface area contributed by atoms with Gasteiger partial charge in [-0.3, -0.25) is 0 Å². The van der Waals surface area contributed by atoms with Crippen LogP contribution in [0.5, 0.6) is 0 Å². The van der Waals surface area contributed by atoms with Crippen LogP contribution in [0.25, 0.3) is 0 Å². The minimum atomic E-state index is 0. The summed E-state index contributed by atoms with van der Waals surface area (Å²) in [6.07, 6.45) is 0. The molecule has 0 fully saturated rings. The van der Waals surface area contributed by atoms with Gasteiger partial charge in [-0.2, -0.15) is 0 Å². The summed E-state index contributed by atoms with van der Waals surface area (Å²) < 4.78 is 8.75. The van der Waals surface area contributed by atoms with Gasteiger partial charge in [0, 0.05) is 0 Å². The zero-order valence-corrected chi connectivity index (χ0v) is 3.33. The van der Waals surface area contributed by atoms with Crippen molar-refractivity contribution in [2.75, 3.05) is 0 Å². The van der Waals surface area contributed by atoms with Crippen LogP contribution in [0, 0.1) is 7.18 Å². The number of hydrogen-bond donors (Lipinski definition) is 0. The molecule has 0 nitrogen and oxygen atoms in total. The number of rotatable bonds is 0. The molecule has 27 valence electrons. The maximum absolute atomic E-state index is 8.75. The summed E-state index contributed by atoms with van der Waals surface area (Å²) in [6.45, 7) is 0. The molecule has 0 aliphatic rings. The van der Waals surface area contributed by atoms with Gasteiger partial charge in [-0.05, 0) is 0 Å². The first-order valence-corrected chi connectivity index (χ1v) is 0.189. The van der Waals surface area contributed by atoms with Gasteiger partial charge in [-0.25, -0.2) is 4.39 Å². The van der Waals surface area contributed by atoms with E-state index in [2.05, 4.69) is 7.18 Å². The van der Waals surface area contributed by atoms with Crippen molar-refractivity contribution in [1.29, 1.82) is 0 Å². The molecule has 0 aliphatic carbocycles. The summed E-state index contributed by atoms with van der Waals surface area (Å²) in [5.74, 6) is 0. The molecule has 0 saturated carbocycles. The Morgan fingerprint density at radius 3 is 1.00 bits per heavy atom. The molecule has 0 N–H and O–H groups in total. The lowest BCUT2D eigenvalue weighted by molar-refractivity contribution is 0.713. The minimum absolute atomic E-state index is 0. The van der Waals surface area contributed by atoms with Crippen LogP contribution in [0.15, 0.2) is 0 Å². The molecule has 0 aliphatic heterocycles. The van der Waals surface area contributed by atoms with Crippen LogP contribution in [-0.2, 0) is 0 Å². The Hall–Kier alpha value is 0.510. The van der Waals surface area contributed by atoms with Crippen LogP contribution < -0.4 is 0 Å². The summed E-state index contributed by atoms with van der Waals surface area (Å²) >= 11 is 0. The number of halogens is 3. The molecule has 0 atom stereocenters. The topological polar surface area (TPSA) is 0 Å². The Bertz CT molecular complexity index is 6.00. The van der Waals surface area contributed by atoms with Crippen molar-refractivity contribution >= 4 is 24.8 Å². The average molecular weight is 104 g/mol. The molecule has 0 aromatic rings. The molecular formula is CH2Cl2F. The number of hydrogen-bond acceptors (Lipinski definition) is 0. The summed E-state index contributed by atoms with van der Waals surface area (Å²) in [6, 6.07) is 0. The van der Waals surface area contributed by atoms with Gasteiger partial charge < -0.3 is 0 Å². The maximum Gasteiger partial charge on any atom is 0.232 e. The molecule has 0 aromatic heterocycles. The van der Waals surface area contributed by atoms with Crippen LogP contribution in [0.1, 0.15) is 0 Å². The molecule has 0 rings (SSSR count). The van der Waals surface area contributed by atoms with E-state index in [1.165, 1.54) is 0 Å². The molecule has 4 heavy (non-hydrogen) atoms. The van der Waals surface area contributed by atoms with Gasteiger partial charge >= 0.3 is 0 Å². The fraction of sp³-hybridized carbons (Fsp3) is 0. The lowest BCUT2D eigenvalue weighted by Crippen LogP contribution is -0.764. The van der Waals surface area contributed by atoms with E-state index >= 15 is 0 Å². The van der Waals surface area contributed by atoms with Gasteiger partial charge in [0.05, 0.1) is 0 Å². The predicted octanol–water partition coefficient (Wildman–Crippen LogP) is 1.35. The first kappa shape index (κ1) is 24.4. The van der Waals surface area contributed by atoms with Crippen molar-refractivity contribution in [2.24, 2.45) is 0 Å². The molecule has 0 aromatic carbocycles. The second-order valence-corrected chi connectivity index (χ2v) is 0. The quantitative estimate of drug-likeness (QED) is 0.435. The largest absolute Gasteiger partial charge is 0.232 e. The van der Waals surface area contributed by atoms with E-state index in [0.29, 0.717) is 0 Å². The van der Waals surface area contributed by atoms with Gasteiger partial charge in [0.2, 0.25) is 7.18 Å². The van der Waals surface area contributed by atoms with E-state index in [1.807, 2.05) is 0 Å². The molecule has 0 bridgehead atoms. The summed E-state index contributed by atoms with van der Waals surface area (Å²) in [5, 5.41) is 0. The van der Waals surface area contributed by atoms with Crippen LogP contribution in [0.2, 0.25) is 0 Å². The predicted molar refractivity (Wildman–Crippen MR) is 18.8 cm³/mol. The molecule has 0 heterocycles. The Kier molecular flexibility index (Phi) is 518. The van der Waals surface area contributed by atoms with E-state index in [4.69, 9.17) is 4.39 Å². The lowest BCUT2D eigenvalue weighted by atomic mass is 11.9. The second kappa shape index (κ2) is 85.0. The normalized spacial score (nSPS) is 1.50. The van der Waals surface area contributed by atoms with Crippen molar-refractivity contribution in [3.05, 3.63) is 7.18 Å². The highest BCUT2D eigenvalue weighted by atomic mass is 35.5. The lowest BCUT2D eigenvalue weighted by Gasteiger charge is -1.03. The van der Waals surface area contributed by atoms with Crippen LogP contribution in [-0.4, -0.2) is 0 Å². The Morgan fingerprint density at radius 2 is 1.00 bits per heavy atom. The van der Waals surface area contributed by atoms with Gasteiger partial charge in [0.1, 0.15) is 0 Å².